The topological polar surface area (TPSA) is 32.3 Å². The maximum Gasteiger partial charge on any atom is 0.248 e. The molecule has 1 amide bonds. The Morgan fingerprint density at radius 2 is 2.36 bits per heavy atom. The summed E-state index contributed by atoms with van der Waals surface area (Å²) in [5, 5.41) is 3.41. The van der Waals surface area contributed by atoms with E-state index in [1.54, 1.807) is 4.90 Å². The lowest BCUT2D eigenvalue weighted by atomic mass is 10.2. The van der Waals surface area contributed by atoms with Crippen molar-refractivity contribution in [2.75, 3.05) is 13.1 Å². The van der Waals surface area contributed by atoms with Gasteiger partial charge in [0.15, 0.2) is 5.11 Å². The van der Waals surface area contributed by atoms with Crippen LogP contribution in [0.4, 0.5) is 0 Å². The number of thiocarbonyl (C=S) groups is 1. The molecule has 1 fully saturated rings. The highest BCUT2D eigenvalue weighted by atomic mass is 32.1. The number of hydrogen-bond donors (Lipinski definition) is 1. The molecule has 1 aliphatic heterocycles. The largest absolute Gasteiger partial charge is 0.353 e. The van der Waals surface area contributed by atoms with Crippen LogP contribution < -0.4 is 5.32 Å². The first-order chi connectivity index (χ1) is 5.11. The summed E-state index contributed by atoms with van der Waals surface area (Å²) in [7, 11) is 0. The number of nitrogens with zero attached hydrogens (tertiary/aromatic N) is 1. The zero-order valence-electron chi connectivity index (χ0n) is 6.76. The van der Waals surface area contributed by atoms with Gasteiger partial charge in [-0.2, -0.15) is 0 Å². The minimum atomic E-state index is 0.0868. The summed E-state index contributed by atoms with van der Waals surface area (Å²) < 4.78 is 0. The third-order valence-electron chi connectivity index (χ3n) is 1.48. The maximum absolute atomic E-state index is 11.1. The lowest BCUT2D eigenvalue weighted by Crippen LogP contribution is -2.33. The fourth-order valence-corrected chi connectivity index (χ4v) is 1.25. The van der Waals surface area contributed by atoms with Crippen LogP contribution >= 0.6 is 12.2 Å². The molecule has 1 aliphatic rings. The van der Waals surface area contributed by atoms with Crippen molar-refractivity contribution in [2.24, 2.45) is 5.92 Å². The molecule has 0 aliphatic carbocycles. The number of carbonyl (C=O) groups is 1. The van der Waals surface area contributed by atoms with Crippen LogP contribution in [0.15, 0.2) is 0 Å². The zero-order chi connectivity index (χ0) is 8.43. The molecule has 0 bridgehead atoms. The second-order valence-electron chi connectivity index (χ2n) is 3.06. The van der Waals surface area contributed by atoms with E-state index >= 15 is 0 Å². The van der Waals surface area contributed by atoms with E-state index in [2.05, 4.69) is 19.2 Å². The van der Waals surface area contributed by atoms with Crippen molar-refractivity contribution >= 4 is 23.2 Å². The average Bonchev–Trinajstić information content (AvgIpc) is 2.18. The van der Waals surface area contributed by atoms with E-state index in [-0.39, 0.29) is 5.91 Å². The number of amides is 1. The van der Waals surface area contributed by atoms with Gasteiger partial charge in [0, 0.05) is 6.54 Å². The number of carbonyl (C=O) groups excluding carboxylic acids is 1. The lowest BCUT2D eigenvalue weighted by Gasteiger charge is -2.16. The molecular weight excluding hydrogens is 160 g/mol. The summed E-state index contributed by atoms with van der Waals surface area (Å²) in [6.07, 6.45) is 0. The van der Waals surface area contributed by atoms with Crippen LogP contribution in [-0.4, -0.2) is 29.0 Å². The molecule has 1 N–H and O–H groups in total. The fraction of sp³-hybridized carbons (Fsp3) is 0.714. The van der Waals surface area contributed by atoms with Crippen LogP contribution in [-0.2, 0) is 4.79 Å². The number of hydrogen-bond acceptors (Lipinski definition) is 2. The minimum absolute atomic E-state index is 0.0868. The summed E-state index contributed by atoms with van der Waals surface area (Å²) in [5.41, 5.74) is 0. The molecule has 1 rings (SSSR count). The Labute approximate surface area is 71.8 Å². The van der Waals surface area contributed by atoms with Gasteiger partial charge in [0.05, 0.1) is 6.54 Å². The quantitative estimate of drug-likeness (QED) is 0.610. The van der Waals surface area contributed by atoms with Crippen LogP contribution in [0.1, 0.15) is 13.8 Å². The molecule has 0 atom stereocenters. The van der Waals surface area contributed by atoms with E-state index < -0.39 is 0 Å². The highest BCUT2D eigenvalue weighted by molar-refractivity contribution is 7.80. The fourth-order valence-electron chi connectivity index (χ4n) is 1.01. The van der Waals surface area contributed by atoms with Crippen molar-refractivity contribution in [3.63, 3.8) is 0 Å². The minimum Gasteiger partial charge on any atom is -0.353 e. The van der Waals surface area contributed by atoms with Gasteiger partial charge in [0.1, 0.15) is 0 Å². The van der Waals surface area contributed by atoms with E-state index in [0.717, 1.165) is 6.54 Å². The van der Waals surface area contributed by atoms with Gasteiger partial charge in [-0.25, -0.2) is 0 Å². The normalized spacial score (nSPS) is 17.9. The Kier molecular flexibility index (Phi) is 2.44. The highest BCUT2D eigenvalue weighted by Crippen LogP contribution is 2.03. The van der Waals surface area contributed by atoms with Crippen molar-refractivity contribution in [3.8, 4) is 0 Å². The van der Waals surface area contributed by atoms with E-state index in [1.807, 2.05) is 0 Å². The summed E-state index contributed by atoms with van der Waals surface area (Å²) in [6.45, 7) is 5.22. The Hall–Kier alpha value is -0.640. The van der Waals surface area contributed by atoms with Crippen LogP contribution in [0.5, 0.6) is 0 Å². The smallest absolute Gasteiger partial charge is 0.248 e. The van der Waals surface area contributed by atoms with Gasteiger partial charge >= 0.3 is 0 Å². The van der Waals surface area contributed by atoms with Gasteiger partial charge in [0.2, 0.25) is 5.91 Å². The highest BCUT2D eigenvalue weighted by Gasteiger charge is 2.25. The molecule has 4 heteroatoms. The molecule has 62 valence electrons. The van der Waals surface area contributed by atoms with Crippen molar-refractivity contribution in [2.45, 2.75) is 13.8 Å². The molecule has 0 aromatic carbocycles. The molecule has 1 heterocycles. The van der Waals surface area contributed by atoms with E-state index in [0.29, 0.717) is 17.6 Å². The molecule has 0 saturated carbocycles. The maximum atomic E-state index is 11.1. The van der Waals surface area contributed by atoms with Crippen molar-refractivity contribution in [1.82, 2.24) is 10.2 Å². The number of rotatable bonds is 2. The Bertz CT molecular complexity index is 175. The van der Waals surface area contributed by atoms with E-state index in [1.165, 1.54) is 0 Å². The third-order valence-corrected chi connectivity index (χ3v) is 1.85. The Morgan fingerprint density at radius 1 is 1.73 bits per heavy atom. The monoisotopic (exact) mass is 172 g/mol. The first-order valence-electron chi connectivity index (χ1n) is 3.69. The molecule has 0 spiro atoms. The molecule has 0 aromatic heterocycles. The van der Waals surface area contributed by atoms with Gasteiger partial charge in [-0.05, 0) is 18.1 Å². The zero-order valence-corrected chi connectivity index (χ0v) is 7.57. The Morgan fingerprint density at radius 3 is 2.73 bits per heavy atom. The predicted octanol–water partition coefficient (Wildman–Crippen LogP) is 0.359. The molecule has 3 nitrogen and oxygen atoms in total. The van der Waals surface area contributed by atoms with E-state index in [4.69, 9.17) is 12.2 Å². The van der Waals surface area contributed by atoms with E-state index in [9.17, 15) is 4.79 Å². The third kappa shape index (κ3) is 1.89. The summed E-state index contributed by atoms with van der Waals surface area (Å²) in [4.78, 5) is 12.7. The lowest BCUT2D eigenvalue weighted by molar-refractivity contribution is -0.124. The molecule has 0 unspecified atom stereocenters. The SMILES string of the molecule is CC(C)CN1C(=O)CNC1=S. The molecule has 0 aromatic rings. The van der Waals surface area contributed by atoms with Crippen LogP contribution in [0, 0.1) is 5.92 Å². The standard InChI is InChI=1S/C7H12N2OS/c1-5(2)4-9-6(10)3-8-7(9)11/h5H,3-4H2,1-2H3,(H,8,11). The van der Waals surface area contributed by atoms with Crippen molar-refractivity contribution in [1.29, 1.82) is 0 Å². The van der Waals surface area contributed by atoms with Crippen molar-refractivity contribution in [3.05, 3.63) is 0 Å². The summed E-state index contributed by atoms with van der Waals surface area (Å²) in [6, 6.07) is 0. The summed E-state index contributed by atoms with van der Waals surface area (Å²) >= 11 is 4.93. The predicted molar refractivity (Wildman–Crippen MR) is 47.2 cm³/mol. The van der Waals surface area contributed by atoms with Gasteiger partial charge in [-0.15, -0.1) is 0 Å². The second-order valence-corrected chi connectivity index (χ2v) is 3.44. The van der Waals surface area contributed by atoms with Gasteiger partial charge in [0.25, 0.3) is 0 Å². The first-order valence-corrected chi connectivity index (χ1v) is 4.10. The van der Waals surface area contributed by atoms with Crippen LogP contribution in [0.2, 0.25) is 0 Å². The van der Waals surface area contributed by atoms with Gasteiger partial charge in [-0.3, -0.25) is 9.69 Å². The molecule has 1 saturated heterocycles. The molecule has 0 radical (unpaired) electrons. The summed E-state index contributed by atoms with van der Waals surface area (Å²) in [5.74, 6) is 0.556. The van der Waals surface area contributed by atoms with Crippen LogP contribution in [0.25, 0.3) is 0 Å². The van der Waals surface area contributed by atoms with Crippen molar-refractivity contribution < 1.29 is 4.79 Å². The number of nitrogens with one attached hydrogen (secondary N) is 1. The van der Waals surface area contributed by atoms with Gasteiger partial charge in [-0.1, -0.05) is 13.8 Å². The average molecular weight is 172 g/mol. The second kappa shape index (κ2) is 3.17. The Balaban J connectivity index is 2.55. The van der Waals surface area contributed by atoms with Gasteiger partial charge < -0.3 is 5.32 Å². The molecule has 11 heavy (non-hydrogen) atoms. The van der Waals surface area contributed by atoms with Crippen LogP contribution in [0.3, 0.4) is 0 Å². The molecular formula is C7H12N2OS. The first kappa shape index (κ1) is 8.46.